The molecule has 3 heterocycles. The minimum absolute atomic E-state index is 0.00969. The van der Waals surface area contributed by atoms with Crippen molar-refractivity contribution < 1.29 is 24.2 Å². The first-order valence-electron chi connectivity index (χ1n) is 9.71. The number of carbonyl (C=O) groups is 3. The summed E-state index contributed by atoms with van der Waals surface area (Å²) >= 11 is 0. The molecule has 0 aromatic carbocycles. The summed E-state index contributed by atoms with van der Waals surface area (Å²) in [6.07, 6.45) is 5.07. The van der Waals surface area contributed by atoms with Crippen LogP contribution in [0.25, 0.3) is 0 Å². The quantitative estimate of drug-likeness (QED) is 0.769. The van der Waals surface area contributed by atoms with E-state index in [0.717, 1.165) is 45.2 Å². The number of rotatable bonds is 4. The molecule has 26 heavy (non-hydrogen) atoms. The summed E-state index contributed by atoms with van der Waals surface area (Å²) in [4.78, 5) is 40.5. The molecule has 3 atom stereocenters. The number of carbonyl (C=O) groups excluding carboxylic acids is 2. The van der Waals surface area contributed by atoms with E-state index in [1.807, 2.05) is 4.90 Å². The molecule has 3 fully saturated rings. The molecule has 8 nitrogen and oxygen atoms in total. The zero-order valence-corrected chi connectivity index (χ0v) is 15.2. The zero-order valence-electron chi connectivity index (χ0n) is 15.2. The number of nitrogens with one attached hydrogen (secondary N) is 1. The monoisotopic (exact) mass is 367 g/mol. The Bertz CT molecular complexity index is 529. The minimum Gasteiger partial charge on any atom is -0.480 e. The minimum atomic E-state index is -1.02. The third kappa shape index (κ3) is 4.47. The van der Waals surface area contributed by atoms with Crippen molar-refractivity contribution in [3.8, 4) is 0 Å². The fourth-order valence-electron chi connectivity index (χ4n) is 4.15. The van der Waals surface area contributed by atoms with E-state index in [1.165, 1.54) is 0 Å². The number of urea groups is 1. The Kier molecular flexibility index (Phi) is 6.34. The van der Waals surface area contributed by atoms with Crippen LogP contribution in [0.5, 0.6) is 0 Å². The van der Waals surface area contributed by atoms with Crippen molar-refractivity contribution >= 4 is 17.9 Å². The average Bonchev–Trinajstić information content (AvgIpc) is 3.20. The van der Waals surface area contributed by atoms with Gasteiger partial charge in [-0.3, -0.25) is 4.79 Å². The second-order valence-corrected chi connectivity index (χ2v) is 7.56. The molecule has 2 N–H and O–H groups in total. The van der Waals surface area contributed by atoms with E-state index in [0.29, 0.717) is 32.7 Å². The van der Waals surface area contributed by atoms with Crippen molar-refractivity contribution in [2.24, 2.45) is 11.8 Å². The first-order chi connectivity index (χ1) is 12.6. The number of ether oxygens (including phenoxy) is 1. The molecule has 3 amide bonds. The number of amides is 3. The second-order valence-electron chi connectivity index (χ2n) is 7.56. The number of hydrogen-bond acceptors (Lipinski definition) is 4. The maximum atomic E-state index is 12.7. The molecule has 0 radical (unpaired) electrons. The number of aliphatic carboxylic acids is 1. The van der Waals surface area contributed by atoms with Crippen molar-refractivity contribution in [1.82, 2.24) is 15.1 Å². The lowest BCUT2D eigenvalue weighted by Gasteiger charge is -2.35. The van der Waals surface area contributed by atoms with Crippen LogP contribution >= 0.6 is 0 Å². The van der Waals surface area contributed by atoms with Crippen molar-refractivity contribution in [2.45, 2.75) is 44.6 Å². The van der Waals surface area contributed by atoms with Crippen LogP contribution in [0.1, 0.15) is 38.5 Å². The standard InChI is InChI=1S/C18H29N3O5/c22-16(19-15(17(23)24)14-6-4-10-26-12-14)13-5-3-9-21(11-13)18(25)20-7-1-2-8-20/h13-15H,1-12H2,(H,19,22)(H,23,24). The van der Waals surface area contributed by atoms with Gasteiger partial charge in [-0.05, 0) is 38.5 Å². The van der Waals surface area contributed by atoms with Crippen LogP contribution < -0.4 is 5.32 Å². The first kappa shape index (κ1) is 18.9. The summed E-state index contributed by atoms with van der Waals surface area (Å²) in [7, 11) is 0. The van der Waals surface area contributed by atoms with Crippen LogP contribution in [-0.4, -0.2) is 78.2 Å². The predicted molar refractivity (Wildman–Crippen MR) is 93.6 cm³/mol. The third-order valence-corrected chi connectivity index (χ3v) is 5.67. The fraction of sp³-hybridized carbons (Fsp3) is 0.833. The van der Waals surface area contributed by atoms with Gasteiger partial charge in [-0.2, -0.15) is 0 Å². The number of nitrogens with zero attached hydrogens (tertiary/aromatic N) is 2. The summed E-state index contributed by atoms with van der Waals surface area (Å²) in [6.45, 7) is 3.62. The highest BCUT2D eigenvalue weighted by Gasteiger charge is 2.36. The zero-order chi connectivity index (χ0) is 18.5. The summed E-state index contributed by atoms with van der Waals surface area (Å²) < 4.78 is 5.37. The van der Waals surface area contributed by atoms with Gasteiger partial charge in [0, 0.05) is 38.7 Å². The molecule has 0 bridgehead atoms. The average molecular weight is 367 g/mol. The molecular formula is C18H29N3O5. The highest BCUT2D eigenvalue weighted by Crippen LogP contribution is 2.22. The Hall–Kier alpha value is -1.83. The molecule has 146 valence electrons. The lowest BCUT2D eigenvalue weighted by molar-refractivity contribution is -0.146. The van der Waals surface area contributed by atoms with Gasteiger partial charge < -0.3 is 25.0 Å². The molecule has 0 aliphatic carbocycles. The van der Waals surface area contributed by atoms with Crippen LogP contribution in [0.2, 0.25) is 0 Å². The fourth-order valence-corrected chi connectivity index (χ4v) is 4.15. The number of carboxylic acid groups (broad SMARTS) is 1. The van der Waals surface area contributed by atoms with Crippen molar-refractivity contribution in [3.05, 3.63) is 0 Å². The van der Waals surface area contributed by atoms with Crippen LogP contribution in [0.3, 0.4) is 0 Å². The van der Waals surface area contributed by atoms with E-state index in [4.69, 9.17) is 4.74 Å². The number of likely N-dealkylation sites (tertiary alicyclic amines) is 2. The molecular weight excluding hydrogens is 338 g/mol. The molecule has 0 spiro atoms. The SMILES string of the molecule is O=C(NC(C(=O)O)C1CCCOC1)C1CCCN(C(=O)N2CCCC2)C1. The van der Waals surface area contributed by atoms with Crippen LogP contribution in [0, 0.1) is 11.8 Å². The largest absolute Gasteiger partial charge is 0.480 e. The van der Waals surface area contributed by atoms with Gasteiger partial charge in [0.2, 0.25) is 5.91 Å². The van der Waals surface area contributed by atoms with Crippen LogP contribution in [0.15, 0.2) is 0 Å². The Morgan fingerprint density at radius 1 is 1.00 bits per heavy atom. The third-order valence-electron chi connectivity index (χ3n) is 5.67. The number of hydrogen-bond donors (Lipinski definition) is 2. The molecule has 0 saturated carbocycles. The molecule has 8 heteroatoms. The highest BCUT2D eigenvalue weighted by atomic mass is 16.5. The Morgan fingerprint density at radius 3 is 2.38 bits per heavy atom. The van der Waals surface area contributed by atoms with Gasteiger partial charge in [-0.1, -0.05) is 0 Å². The van der Waals surface area contributed by atoms with Gasteiger partial charge in [-0.15, -0.1) is 0 Å². The normalized spacial score (nSPS) is 27.8. The smallest absolute Gasteiger partial charge is 0.326 e. The summed E-state index contributed by atoms with van der Waals surface area (Å²) in [6, 6.07) is -0.914. The lowest BCUT2D eigenvalue weighted by atomic mass is 9.92. The molecule has 3 rings (SSSR count). The van der Waals surface area contributed by atoms with E-state index in [2.05, 4.69) is 5.32 Å². The maximum absolute atomic E-state index is 12.7. The molecule has 3 saturated heterocycles. The lowest BCUT2D eigenvalue weighted by Crippen LogP contribution is -2.54. The topological polar surface area (TPSA) is 99.2 Å². The van der Waals surface area contributed by atoms with Crippen molar-refractivity contribution in [3.63, 3.8) is 0 Å². The molecule has 3 aliphatic heterocycles. The van der Waals surface area contributed by atoms with Gasteiger partial charge in [0.25, 0.3) is 0 Å². The second kappa shape index (κ2) is 8.70. The van der Waals surface area contributed by atoms with Gasteiger partial charge in [0.15, 0.2) is 0 Å². The van der Waals surface area contributed by atoms with Crippen LogP contribution in [0.4, 0.5) is 4.79 Å². The highest BCUT2D eigenvalue weighted by molar-refractivity contribution is 5.86. The molecule has 0 aromatic heterocycles. The first-order valence-corrected chi connectivity index (χ1v) is 9.71. The van der Waals surface area contributed by atoms with E-state index in [9.17, 15) is 19.5 Å². The van der Waals surface area contributed by atoms with Gasteiger partial charge in [0.05, 0.1) is 12.5 Å². The molecule has 0 aromatic rings. The van der Waals surface area contributed by atoms with E-state index < -0.39 is 12.0 Å². The molecule has 3 unspecified atom stereocenters. The van der Waals surface area contributed by atoms with E-state index in [1.54, 1.807) is 4.90 Å². The summed E-state index contributed by atoms with van der Waals surface area (Å²) in [5.41, 5.74) is 0. The van der Waals surface area contributed by atoms with E-state index in [-0.39, 0.29) is 23.8 Å². The molecule has 3 aliphatic rings. The van der Waals surface area contributed by atoms with E-state index >= 15 is 0 Å². The maximum Gasteiger partial charge on any atom is 0.326 e. The van der Waals surface area contributed by atoms with Crippen molar-refractivity contribution in [1.29, 1.82) is 0 Å². The summed E-state index contributed by atoms with van der Waals surface area (Å²) in [5, 5.41) is 12.2. The van der Waals surface area contributed by atoms with Gasteiger partial charge in [-0.25, -0.2) is 9.59 Å². The predicted octanol–water partition coefficient (Wildman–Crippen LogP) is 0.910. The number of piperidine rings is 1. The summed E-state index contributed by atoms with van der Waals surface area (Å²) in [5.74, 6) is -1.82. The van der Waals surface area contributed by atoms with Crippen LogP contribution in [-0.2, 0) is 14.3 Å². The Morgan fingerprint density at radius 2 is 1.73 bits per heavy atom. The Balaban J connectivity index is 1.57. The Labute approximate surface area is 153 Å². The van der Waals surface area contributed by atoms with Gasteiger partial charge >= 0.3 is 12.0 Å². The van der Waals surface area contributed by atoms with Gasteiger partial charge in [0.1, 0.15) is 6.04 Å². The van der Waals surface area contributed by atoms with Crippen molar-refractivity contribution in [2.75, 3.05) is 39.4 Å². The number of carboxylic acids is 1.